The molecule has 0 aliphatic carbocycles. The number of carbonyl (C=O) groups excluding carboxylic acids is 1. The highest BCUT2D eigenvalue weighted by Crippen LogP contribution is 2.31. The number of hydrogen-bond acceptors (Lipinski definition) is 7. The van der Waals surface area contributed by atoms with Crippen LogP contribution >= 0.6 is 11.3 Å². The number of aryl methyl sites for hydroxylation is 1. The molecule has 2 saturated heterocycles. The summed E-state index contributed by atoms with van der Waals surface area (Å²) in [6, 6.07) is 0. The quantitative estimate of drug-likeness (QED) is 0.820. The van der Waals surface area contributed by atoms with Gasteiger partial charge in [-0.1, -0.05) is 0 Å². The number of rotatable bonds is 3. The van der Waals surface area contributed by atoms with E-state index in [1.165, 1.54) is 6.26 Å². The molecule has 0 saturated carbocycles. The molecule has 0 radical (unpaired) electrons. The normalized spacial score (nSPS) is 21.8. The van der Waals surface area contributed by atoms with Gasteiger partial charge in [0.1, 0.15) is 0 Å². The number of aromatic nitrogens is 1. The highest BCUT2D eigenvalue weighted by molar-refractivity contribution is 7.92. The minimum absolute atomic E-state index is 0.221. The van der Waals surface area contributed by atoms with E-state index >= 15 is 0 Å². The number of hydrogen-bond donors (Lipinski definition) is 1. The average molecular weight is 373 g/mol. The number of amides is 1. The molecule has 2 fully saturated rings. The summed E-state index contributed by atoms with van der Waals surface area (Å²) in [6.45, 7) is 5.57. The SMILES string of the molecule is Cc1csc(N2CCN(C(=O)C3(S(C)(=O)=O)CCNCC3)CC2)n1. The lowest BCUT2D eigenvalue weighted by Gasteiger charge is -2.41. The van der Waals surface area contributed by atoms with Crippen LogP contribution < -0.4 is 10.2 Å². The van der Waals surface area contributed by atoms with Crippen molar-refractivity contribution in [3.63, 3.8) is 0 Å². The van der Waals surface area contributed by atoms with Crippen LogP contribution in [0.25, 0.3) is 0 Å². The van der Waals surface area contributed by atoms with Crippen LogP contribution in [0.5, 0.6) is 0 Å². The molecule has 7 nitrogen and oxygen atoms in total. The molecule has 24 heavy (non-hydrogen) atoms. The Morgan fingerprint density at radius 2 is 1.88 bits per heavy atom. The summed E-state index contributed by atoms with van der Waals surface area (Å²) in [5.74, 6) is -0.221. The maximum absolute atomic E-state index is 13.1. The number of carbonyl (C=O) groups is 1. The first-order valence-corrected chi connectivity index (χ1v) is 11.0. The predicted molar refractivity (Wildman–Crippen MR) is 95.3 cm³/mol. The largest absolute Gasteiger partial charge is 0.345 e. The van der Waals surface area contributed by atoms with E-state index in [2.05, 4.69) is 15.2 Å². The van der Waals surface area contributed by atoms with Crippen LogP contribution in [-0.4, -0.2) is 74.5 Å². The molecule has 1 aromatic rings. The van der Waals surface area contributed by atoms with Gasteiger partial charge in [-0.2, -0.15) is 0 Å². The standard InChI is InChI=1S/C15H24N4O3S2/c1-12-11-23-14(17-12)19-9-7-18(8-10-19)13(20)15(24(2,21)22)3-5-16-6-4-15/h11,16H,3-10H2,1-2H3. The van der Waals surface area contributed by atoms with Gasteiger partial charge in [-0.25, -0.2) is 13.4 Å². The second-order valence-corrected chi connectivity index (χ2v) is 9.73. The topological polar surface area (TPSA) is 82.6 Å². The zero-order valence-corrected chi connectivity index (χ0v) is 15.8. The molecule has 1 amide bonds. The molecule has 3 rings (SSSR count). The van der Waals surface area contributed by atoms with Crippen molar-refractivity contribution in [1.82, 2.24) is 15.2 Å². The molecule has 0 aromatic carbocycles. The molecule has 0 bridgehead atoms. The molecule has 1 N–H and O–H groups in total. The second kappa shape index (κ2) is 6.61. The summed E-state index contributed by atoms with van der Waals surface area (Å²) in [5.41, 5.74) is 0.999. The Morgan fingerprint density at radius 1 is 1.25 bits per heavy atom. The first kappa shape index (κ1) is 17.6. The molecule has 2 aliphatic heterocycles. The number of anilines is 1. The minimum atomic E-state index is -3.45. The van der Waals surface area contributed by atoms with Gasteiger partial charge >= 0.3 is 0 Å². The van der Waals surface area contributed by atoms with E-state index in [0.717, 1.165) is 10.8 Å². The Labute approximate surface area is 147 Å². The number of nitrogens with one attached hydrogen (secondary N) is 1. The Kier molecular flexibility index (Phi) is 4.85. The monoisotopic (exact) mass is 372 g/mol. The fourth-order valence-electron chi connectivity index (χ4n) is 3.45. The van der Waals surface area contributed by atoms with Crippen molar-refractivity contribution in [2.45, 2.75) is 24.5 Å². The van der Waals surface area contributed by atoms with E-state index in [4.69, 9.17) is 0 Å². The third-order valence-corrected chi connectivity index (χ3v) is 7.98. The molecule has 9 heteroatoms. The van der Waals surface area contributed by atoms with Gasteiger partial charge in [0.15, 0.2) is 19.7 Å². The lowest BCUT2D eigenvalue weighted by molar-refractivity contribution is -0.135. The van der Waals surface area contributed by atoms with E-state index in [-0.39, 0.29) is 5.91 Å². The Bertz CT molecular complexity index is 702. The summed E-state index contributed by atoms with van der Waals surface area (Å²) in [5, 5.41) is 6.14. The number of sulfone groups is 1. The maximum Gasteiger partial charge on any atom is 0.244 e. The molecule has 0 unspecified atom stereocenters. The number of piperazine rings is 1. The number of piperidine rings is 1. The summed E-state index contributed by atoms with van der Waals surface area (Å²) < 4.78 is 23.5. The Balaban J connectivity index is 1.72. The number of thiazole rings is 1. The zero-order valence-electron chi connectivity index (χ0n) is 14.1. The van der Waals surface area contributed by atoms with Crippen LogP contribution in [0.1, 0.15) is 18.5 Å². The molecular weight excluding hydrogens is 348 g/mol. The molecule has 134 valence electrons. The van der Waals surface area contributed by atoms with Gasteiger partial charge in [-0.3, -0.25) is 4.79 Å². The smallest absolute Gasteiger partial charge is 0.244 e. The fraction of sp³-hybridized carbons (Fsp3) is 0.733. The van der Waals surface area contributed by atoms with Gasteiger partial charge in [0.05, 0.1) is 5.69 Å². The van der Waals surface area contributed by atoms with Crippen molar-refractivity contribution < 1.29 is 13.2 Å². The van der Waals surface area contributed by atoms with Gasteiger partial charge in [-0.05, 0) is 32.9 Å². The van der Waals surface area contributed by atoms with E-state index in [1.807, 2.05) is 12.3 Å². The van der Waals surface area contributed by atoms with Crippen LogP contribution in [0.2, 0.25) is 0 Å². The average Bonchev–Trinajstić information content (AvgIpc) is 3.00. The van der Waals surface area contributed by atoms with Crippen molar-refractivity contribution in [2.24, 2.45) is 0 Å². The second-order valence-electron chi connectivity index (χ2n) is 6.57. The van der Waals surface area contributed by atoms with Gasteiger partial charge in [0.25, 0.3) is 0 Å². The van der Waals surface area contributed by atoms with E-state index in [1.54, 1.807) is 16.2 Å². The summed E-state index contributed by atoms with van der Waals surface area (Å²) in [6.07, 6.45) is 1.91. The van der Waals surface area contributed by atoms with Crippen molar-refractivity contribution >= 4 is 32.2 Å². The van der Waals surface area contributed by atoms with E-state index in [9.17, 15) is 13.2 Å². The van der Waals surface area contributed by atoms with Gasteiger partial charge in [-0.15, -0.1) is 11.3 Å². The third kappa shape index (κ3) is 3.16. The lowest BCUT2D eigenvalue weighted by Crippen LogP contribution is -2.61. The first-order valence-electron chi connectivity index (χ1n) is 8.20. The van der Waals surface area contributed by atoms with Crippen LogP contribution in [0.15, 0.2) is 5.38 Å². The highest BCUT2D eigenvalue weighted by Gasteiger charge is 2.50. The summed E-state index contributed by atoms with van der Waals surface area (Å²) in [7, 11) is -3.45. The molecular formula is C15H24N4O3S2. The third-order valence-electron chi connectivity index (χ3n) is 4.96. The molecule has 3 heterocycles. The van der Waals surface area contributed by atoms with E-state index < -0.39 is 14.6 Å². The maximum atomic E-state index is 13.1. The van der Waals surface area contributed by atoms with Crippen LogP contribution in [0.4, 0.5) is 5.13 Å². The lowest BCUT2D eigenvalue weighted by atomic mass is 9.95. The summed E-state index contributed by atoms with van der Waals surface area (Å²) >= 11 is 1.60. The number of nitrogens with zero attached hydrogens (tertiary/aromatic N) is 3. The first-order chi connectivity index (χ1) is 11.3. The Morgan fingerprint density at radius 3 is 2.38 bits per heavy atom. The zero-order chi connectivity index (χ0) is 17.4. The fourth-order valence-corrected chi connectivity index (χ4v) is 5.70. The van der Waals surface area contributed by atoms with Crippen LogP contribution in [0, 0.1) is 6.92 Å². The van der Waals surface area contributed by atoms with Crippen molar-refractivity contribution in [2.75, 3.05) is 50.4 Å². The molecule has 0 spiro atoms. The van der Waals surface area contributed by atoms with Crippen LogP contribution in [-0.2, 0) is 14.6 Å². The highest BCUT2D eigenvalue weighted by atomic mass is 32.2. The summed E-state index contributed by atoms with van der Waals surface area (Å²) in [4.78, 5) is 21.4. The van der Waals surface area contributed by atoms with Crippen LogP contribution in [0.3, 0.4) is 0 Å². The molecule has 2 aliphatic rings. The minimum Gasteiger partial charge on any atom is -0.345 e. The van der Waals surface area contributed by atoms with Crippen molar-refractivity contribution in [3.8, 4) is 0 Å². The van der Waals surface area contributed by atoms with Crippen molar-refractivity contribution in [1.29, 1.82) is 0 Å². The molecule has 0 atom stereocenters. The predicted octanol–water partition coefficient (Wildman–Crippen LogP) is 0.267. The van der Waals surface area contributed by atoms with E-state index in [0.29, 0.717) is 52.1 Å². The molecule has 1 aromatic heterocycles. The van der Waals surface area contributed by atoms with Crippen molar-refractivity contribution in [3.05, 3.63) is 11.1 Å². The Hall–Kier alpha value is -1.19. The van der Waals surface area contributed by atoms with Gasteiger partial charge in [0, 0.05) is 37.8 Å². The van der Waals surface area contributed by atoms with Gasteiger partial charge in [0.2, 0.25) is 5.91 Å². The van der Waals surface area contributed by atoms with Gasteiger partial charge < -0.3 is 15.1 Å².